The summed E-state index contributed by atoms with van der Waals surface area (Å²) in [5.74, 6) is 1.20. The number of nitrogens with one attached hydrogen (secondary N) is 2. The molecular formula is C19H23N3O3. The van der Waals surface area contributed by atoms with Gasteiger partial charge in [-0.1, -0.05) is 0 Å². The summed E-state index contributed by atoms with van der Waals surface area (Å²) in [4.78, 5) is 19.6. The topological polar surface area (TPSA) is 98.2 Å². The summed E-state index contributed by atoms with van der Waals surface area (Å²) in [6, 6.07) is 2.19. The van der Waals surface area contributed by atoms with Crippen LogP contribution < -0.4 is 5.32 Å². The fourth-order valence-corrected chi connectivity index (χ4v) is 5.84. The van der Waals surface area contributed by atoms with Crippen LogP contribution in [-0.4, -0.2) is 44.2 Å². The van der Waals surface area contributed by atoms with E-state index in [4.69, 9.17) is 0 Å². The molecule has 4 N–H and O–H groups in total. The van der Waals surface area contributed by atoms with Crippen LogP contribution in [0.4, 0.5) is 5.69 Å². The molecule has 2 unspecified atom stereocenters. The number of ketones is 1. The van der Waals surface area contributed by atoms with E-state index in [-0.39, 0.29) is 11.8 Å². The maximum absolute atomic E-state index is 12.2. The lowest BCUT2D eigenvalue weighted by molar-refractivity contribution is -0.129. The van der Waals surface area contributed by atoms with E-state index in [1.54, 1.807) is 6.20 Å². The quantitative estimate of drug-likeness (QED) is 0.638. The van der Waals surface area contributed by atoms with Crippen molar-refractivity contribution in [2.75, 3.05) is 11.9 Å². The van der Waals surface area contributed by atoms with E-state index in [1.165, 1.54) is 0 Å². The standard InChI is InChI=1S/C19H23N3O3/c23-9-15(24)14-8-21-18-13(1-2-20-18)17(14)22-16-11-3-10-4-12(16)7-19(25,5-10)6-11/h1-2,8,10-12,16,23,25H,3-7,9H2,(H2,20,21,22)/t10?,11?,12?,16-,19+. The summed E-state index contributed by atoms with van der Waals surface area (Å²) in [5, 5.41) is 24.6. The van der Waals surface area contributed by atoms with Crippen LogP contribution in [0.25, 0.3) is 11.0 Å². The highest BCUT2D eigenvalue weighted by Gasteiger charge is 2.54. The number of aromatic nitrogens is 2. The second-order valence-corrected chi connectivity index (χ2v) is 8.23. The summed E-state index contributed by atoms with van der Waals surface area (Å²) in [5.41, 5.74) is 1.48. The first-order chi connectivity index (χ1) is 12.1. The molecule has 4 bridgehead atoms. The fourth-order valence-electron chi connectivity index (χ4n) is 5.84. The summed E-state index contributed by atoms with van der Waals surface area (Å²) in [6.07, 6.45) is 8.32. The van der Waals surface area contributed by atoms with Crippen molar-refractivity contribution >= 4 is 22.5 Å². The molecule has 0 radical (unpaired) electrons. The minimum absolute atomic E-state index is 0.266. The van der Waals surface area contributed by atoms with Crippen LogP contribution in [0.5, 0.6) is 0 Å². The SMILES string of the molecule is O=C(CO)c1cnc2[nH]ccc2c1N[C@H]1C2CC3CC1C[C@@](O)(C3)C2. The highest BCUT2D eigenvalue weighted by molar-refractivity contribution is 6.08. The molecule has 6 nitrogen and oxygen atoms in total. The number of pyridine rings is 1. The molecule has 2 heterocycles. The summed E-state index contributed by atoms with van der Waals surface area (Å²) >= 11 is 0. The molecule has 25 heavy (non-hydrogen) atoms. The molecule has 0 aliphatic heterocycles. The number of aliphatic hydroxyl groups is 2. The van der Waals surface area contributed by atoms with E-state index in [1.807, 2.05) is 12.3 Å². The molecule has 6 heteroatoms. The van der Waals surface area contributed by atoms with Crippen molar-refractivity contribution in [2.45, 2.75) is 43.7 Å². The Morgan fingerprint density at radius 3 is 2.76 bits per heavy atom. The van der Waals surface area contributed by atoms with Crippen molar-refractivity contribution in [3.05, 3.63) is 24.0 Å². The zero-order valence-electron chi connectivity index (χ0n) is 14.0. The van der Waals surface area contributed by atoms with Gasteiger partial charge in [0, 0.05) is 23.8 Å². The van der Waals surface area contributed by atoms with Gasteiger partial charge in [-0.15, -0.1) is 0 Å². The van der Waals surface area contributed by atoms with Gasteiger partial charge in [-0.05, 0) is 55.9 Å². The lowest BCUT2D eigenvalue weighted by Crippen LogP contribution is -2.59. The minimum Gasteiger partial charge on any atom is -0.390 e. The number of fused-ring (bicyclic) bond motifs is 1. The molecule has 4 aliphatic rings. The highest BCUT2D eigenvalue weighted by atomic mass is 16.3. The lowest BCUT2D eigenvalue weighted by atomic mass is 9.52. The van der Waals surface area contributed by atoms with Crippen molar-refractivity contribution in [2.24, 2.45) is 17.8 Å². The van der Waals surface area contributed by atoms with Gasteiger partial charge in [0.05, 0.1) is 16.9 Å². The number of carbonyl (C=O) groups excluding carboxylic acids is 1. The van der Waals surface area contributed by atoms with Gasteiger partial charge in [0.25, 0.3) is 0 Å². The number of nitrogens with zero attached hydrogens (tertiary/aromatic N) is 1. The molecule has 0 spiro atoms. The number of rotatable bonds is 4. The molecular weight excluding hydrogens is 318 g/mol. The molecule has 2 atom stereocenters. The molecule has 2 aromatic rings. The maximum Gasteiger partial charge on any atom is 0.191 e. The molecule has 4 fully saturated rings. The number of aromatic amines is 1. The number of Topliss-reactive ketones (excluding diaryl/α,β-unsaturated/α-hetero) is 1. The van der Waals surface area contributed by atoms with Crippen molar-refractivity contribution in [1.29, 1.82) is 0 Å². The van der Waals surface area contributed by atoms with E-state index >= 15 is 0 Å². The third-order valence-electron chi connectivity index (χ3n) is 6.58. The largest absolute Gasteiger partial charge is 0.390 e. The molecule has 6 rings (SSSR count). The van der Waals surface area contributed by atoms with E-state index in [0.717, 1.165) is 48.8 Å². The molecule has 0 amide bonds. The van der Waals surface area contributed by atoms with Gasteiger partial charge in [0.2, 0.25) is 0 Å². The summed E-state index contributed by atoms with van der Waals surface area (Å²) in [6.45, 7) is -0.522. The molecule has 0 aromatic carbocycles. The zero-order valence-corrected chi connectivity index (χ0v) is 14.0. The van der Waals surface area contributed by atoms with Gasteiger partial charge in [-0.25, -0.2) is 4.98 Å². The average Bonchev–Trinajstić information content (AvgIpc) is 3.04. The van der Waals surface area contributed by atoms with Crippen molar-refractivity contribution in [1.82, 2.24) is 9.97 Å². The van der Waals surface area contributed by atoms with E-state index in [9.17, 15) is 15.0 Å². The number of carbonyl (C=O) groups is 1. The predicted molar refractivity (Wildman–Crippen MR) is 93.4 cm³/mol. The molecule has 2 aromatic heterocycles. The molecule has 4 aliphatic carbocycles. The number of H-pyrrole nitrogens is 1. The number of aliphatic hydroxyl groups excluding tert-OH is 1. The average molecular weight is 341 g/mol. The van der Waals surface area contributed by atoms with Crippen LogP contribution in [-0.2, 0) is 0 Å². The van der Waals surface area contributed by atoms with Gasteiger partial charge >= 0.3 is 0 Å². The fraction of sp³-hybridized carbons (Fsp3) is 0.579. The normalized spacial score (nSPS) is 36.1. The second kappa shape index (κ2) is 5.29. The van der Waals surface area contributed by atoms with Crippen LogP contribution in [0.2, 0.25) is 0 Å². The Morgan fingerprint density at radius 1 is 1.32 bits per heavy atom. The Bertz CT molecular complexity index is 830. The van der Waals surface area contributed by atoms with E-state index in [0.29, 0.717) is 23.3 Å². The smallest absolute Gasteiger partial charge is 0.191 e. The monoisotopic (exact) mass is 341 g/mol. The Labute approximate surface area is 145 Å². The Morgan fingerprint density at radius 2 is 2.08 bits per heavy atom. The summed E-state index contributed by atoms with van der Waals surface area (Å²) < 4.78 is 0. The Balaban J connectivity index is 1.54. The second-order valence-electron chi connectivity index (χ2n) is 8.23. The van der Waals surface area contributed by atoms with Crippen LogP contribution in [0.3, 0.4) is 0 Å². The van der Waals surface area contributed by atoms with Gasteiger partial charge in [0.1, 0.15) is 12.3 Å². The number of anilines is 1. The van der Waals surface area contributed by atoms with Crippen LogP contribution in [0.15, 0.2) is 18.5 Å². The van der Waals surface area contributed by atoms with Crippen LogP contribution >= 0.6 is 0 Å². The first-order valence-electron chi connectivity index (χ1n) is 9.15. The van der Waals surface area contributed by atoms with Gasteiger partial charge < -0.3 is 20.5 Å². The first-order valence-corrected chi connectivity index (χ1v) is 9.15. The zero-order chi connectivity index (χ0) is 17.2. The number of hydrogen-bond donors (Lipinski definition) is 4. The molecule has 0 saturated heterocycles. The Kier molecular flexibility index (Phi) is 3.24. The molecule has 4 saturated carbocycles. The first kappa shape index (κ1) is 15.3. The highest BCUT2D eigenvalue weighted by Crippen LogP contribution is 2.56. The van der Waals surface area contributed by atoms with Gasteiger partial charge in [-0.3, -0.25) is 4.79 Å². The third-order valence-corrected chi connectivity index (χ3v) is 6.58. The van der Waals surface area contributed by atoms with Crippen molar-refractivity contribution in [3.8, 4) is 0 Å². The van der Waals surface area contributed by atoms with Crippen molar-refractivity contribution in [3.63, 3.8) is 0 Å². The predicted octanol–water partition coefficient (Wildman–Crippen LogP) is 2.09. The van der Waals surface area contributed by atoms with E-state index < -0.39 is 12.2 Å². The van der Waals surface area contributed by atoms with Gasteiger partial charge in [-0.2, -0.15) is 0 Å². The van der Waals surface area contributed by atoms with E-state index in [2.05, 4.69) is 15.3 Å². The maximum atomic E-state index is 12.2. The van der Waals surface area contributed by atoms with Crippen LogP contribution in [0.1, 0.15) is 42.5 Å². The molecule has 132 valence electrons. The Hall–Kier alpha value is -1.92. The minimum atomic E-state index is -0.522. The number of hydrogen-bond acceptors (Lipinski definition) is 5. The third kappa shape index (κ3) is 2.31. The lowest BCUT2D eigenvalue weighted by Gasteiger charge is -2.58. The van der Waals surface area contributed by atoms with Crippen LogP contribution in [0, 0.1) is 17.8 Å². The summed E-state index contributed by atoms with van der Waals surface area (Å²) in [7, 11) is 0. The van der Waals surface area contributed by atoms with Crippen molar-refractivity contribution < 1.29 is 15.0 Å². The van der Waals surface area contributed by atoms with Gasteiger partial charge in [0.15, 0.2) is 5.78 Å².